The Kier molecular flexibility index (Phi) is 5.48. The lowest BCUT2D eigenvalue weighted by Crippen LogP contribution is -2.21. The Morgan fingerprint density at radius 2 is 1.67 bits per heavy atom. The van der Waals surface area contributed by atoms with Crippen molar-refractivity contribution in [2.45, 2.75) is 39.5 Å². The van der Waals surface area contributed by atoms with Gasteiger partial charge in [-0.2, -0.15) is 0 Å². The van der Waals surface area contributed by atoms with Gasteiger partial charge >= 0.3 is 0 Å². The zero-order valence-corrected chi connectivity index (χ0v) is 12.0. The summed E-state index contributed by atoms with van der Waals surface area (Å²) in [6, 6.07) is 6.16. The summed E-state index contributed by atoms with van der Waals surface area (Å²) >= 11 is 0. The molecule has 0 fully saturated rings. The number of ether oxygens (including phenoxy) is 2. The minimum absolute atomic E-state index is 0.0609. The highest BCUT2D eigenvalue weighted by atomic mass is 16.5. The van der Waals surface area contributed by atoms with E-state index in [4.69, 9.17) is 15.2 Å². The van der Waals surface area contributed by atoms with Crippen LogP contribution in [-0.4, -0.2) is 19.8 Å². The Labute approximate surface area is 110 Å². The van der Waals surface area contributed by atoms with E-state index >= 15 is 0 Å². The topological polar surface area (TPSA) is 44.5 Å². The second-order valence-corrected chi connectivity index (χ2v) is 4.95. The second kappa shape index (κ2) is 6.64. The van der Waals surface area contributed by atoms with Crippen molar-refractivity contribution in [1.82, 2.24) is 0 Å². The third-order valence-corrected chi connectivity index (χ3v) is 3.09. The van der Waals surface area contributed by atoms with Crippen LogP contribution in [0, 0.1) is 0 Å². The van der Waals surface area contributed by atoms with E-state index in [0.717, 1.165) is 17.9 Å². The SMILES string of the molecule is CCOc1ccc(C(C)(C)CCN)cc1OCC. The van der Waals surface area contributed by atoms with Crippen LogP contribution in [0.25, 0.3) is 0 Å². The van der Waals surface area contributed by atoms with Gasteiger partial charge in [-0.3, -0.25) is 0 Å². The molecular formula is C15H25NO2. The zero-order valence-electron chi connectivity index (χ0n) is 12.0. The van der Waals surface area contributed by atoms with Gasteiger partial charge in [0.25, 0.3) is 0 Å². The van der Waals surface area contributed by atoms with Crippen LogP contribution in [-0.2, 0) is 5.41 Å². The van der Waals surface area contributed by atoms with E-state index in [0.29, 0.717) is 19.8 Å². The van der Waals surface area contributed by atoms with E-state index < -0.39 is 0 Å². The first-order valence-corrected chi connectivity index (χ1v) is 6.65. The molecule has 1 rings (SSSR count). The molecule has 0 atom stereocenters. The van der Waals surface area contributed by atoms with Gasteiger partial charge < -0.3 is 15.2 Å². The van der Waals surface area contributed by atoms with Crippen molar-refractivity contribution in [2.24, 2.45) is 5.73 Å². The van der Waals surface area contributed by atoms with E-state index in [2.05, 4.69) is 26.0 Å². The van der Waals surface area contributed by atoms with E-state index in [1.807, 2.05) is 19.9 Å². The van der Waals surface area contributed by atoms with Gasteiger partial charge in [-0.1, -0.05) is 19.9 Å². The molecule has 0 saturated carbocycles. The molecule has 3 heteroatoms. The summed E-state index contributed by atoms with van der Waals surface area (Å²) in [6.45, 7) is 10.3. The van der Waals surface area contributed by atoms with Gasteiger partial charge in [0.05, 0.1) is 13.2 Å². The molecular weight excluding hydrogens is 226 g/mol. The highest BCUT2D eigenvalue weighted by molar-refractivity contribution is 5.45. The van der Waals surface area contributed by atoms with Crippen LogP contribution >= 0.6 is 0 Å². The third kappa shape index (κ3) is 3.64. The molecule has 0 aliphatic rings. The number of hydrogen-bond donors (Lipinski definition) is 1. The van der Waals surface area contributed by atoms with Gasteiger partial charge in [0.1, 0.15) is 0 Å². The van der Waals surface area contributed by atoms with Crippen LogP contribution in [0.5, 0.6) is 11.5 Å². The van der Waals surface area contributed by atoms with Crippen molar-refractivity contribution in [3.63, 3.8) is 0 Å². The molecule has 2 N–H and O–H groups in total. The molecule has 0 aliphatic heterocycles. The van der Waals surface area contributed by atoms with Gasteiger partial charge in [-0.15, -0.1) is 0 Å². The van der Waals surface area contributed by atoms with Crippen molar-refractivity contribution >= 4 is 0 Å². The first kappa shape index (κ1) is 14.8. The number of rotatable bonds is 7. The average molecular weight is 251 g/mol. The lowest BCUT2D eigenvalue weighted by atomic mass is 9.81. The first-order valence-electron chi connectivity index (χ1n) is 6.65. The van der Waals surface area contributed by atoms with Crippen LogP contribution < -0.4 is 15.2 Å². The lowest BCUT2D eigenvalue weighted by molar-refractivity contribution is 0.286. The third-order valence-electron chi connectivity index (χ3n) is 3.09. The second-order valence-electron chi connectivity index (χ2n) is 4.95. The maximum atomic E-state index is 5.67. The van der Waals surface area contributed by atoms with Crippen LogP contribution in [0.15, 0.2) is 18.2 Å². The summed E-state index contributed by atoms with van der Waals surface area (Å²) in [5.74, 6) is 1.63. The fourth-order valence-corrected chi connectivity index (χ4v) is 1.98. The highest BCUT2D eigenvalue weighted by Crippen LogP contribution is 2.34. The maximum Gasteiger partial charge on any atom is 0.161 e. The zero-order chi connectivity index (χ0) is 13.6. The molecule has 18 heavy (non-hydrogen) atoms. The van der Waals surface area contributed by atoms with Crippen LogP contribution in [0.3, 0.4) is 0 Å². The maximum absolute atomic E-state index is 5.67. The largest absolute Gasteiger partial charge is 0.490 e. The molecule has 1 aromatic rings. The quantitative estimate of drug-likeness (QED) is 0.810. The molecule has 0 aromatic heterocycles. The van der Waals surface area contributed by atoms with Crippen molar-refractivity contribution < 1.29 is 9.47 Å². The molecule has 0 aliphatic carbocycles. The van der Waals surface area contributed by atoms with Gasteiger partial charge in [0, 0.05) is 0 Å². The molecule has 0 radical (unpaired) electrons. The standard InChI is InChI=1S/C15H25NO2/c1-5-17-13-8-7-12(11-14(13)18-6-2)15(3,4)9-10-16/h7-8,11H,5-6,9-10,16H2,1-4H3. The number of hydrogen-bond acceptors (Lipinski definition) is 3. The summed E-state index contributed by atoms with van der Waals surface area (Å²) in [7, 11) is 0. The fourth-order valence-electron chi connectivity index (χ4n) is 1.98. The van der Waals surface area contributed by atoms with Crippen molar-refractivity contribution in [3.05, 3.63) is 23.8 Å². The predicted molar refractivity (Wildman–Crippen MR) is 75.5 cm³/mol. The molecule has 1 aromatic carbocycles. The Balaban J connectivity index is 3.05. The lowest BCUT2D eigenvalue weighted by Gasteiger charge is -2.25. The highest BCUT2D eigenvalue weighted by Gasteiger charge is 2.21. The summed E-state index contributed by atoms with van der Waals surface area (Å²) < 4.78 is 11.2. The molecule has 0 heterocycles. The smallest absolute Gasteiger partial charge is 0.161 e. The molecule has 3 nitrogen and oxygen atoms in total. The average Bonchev–Trinajstić information content (AvgIpc) is 2.31. The van der Waals surface area contributed by atoms with Gasteiger partial charge in [-0.25, -0.2) is 0 Å². The van der Waals surface area contributed by atoms with Gasteiger partial charge in [0.2, 0.25) is 0 Å². The monoisotopic (exact) mass is 251 g/mol. The summed E-state index contributed by atoms with van der Waals surface area (Å²) in [5, 5.41) is 0. The molecule has 0 amide bonds. The first-order chi connectivity index (χ1) is 8.55. The van der Waals surface area contributed by atoms with Crippen LogP contribution in [0.4, 0.5) is 0 Å². The molecule has 0 unspecified atom stereocenters. The Hall–Kier alpha value is -1.22. The van der Waals surface area contributed by atoms with E-state index in [9.17, 15) is 0 Å². The van der Waals surface area contributed by atoms with Gasteiger partial charge in [0.15, 0.2) is 11.5 Å². The fraction of sp³-hybridized carbons (Fsp3) is 0.600. The Bertz CT molecular complexity index is 375. The van der Waals surface area contributed by atoms with E-state index in [1.54, 1.807) is 0 Å². The predicted octanol–water partition coefficient (Wildman–Crippen LogP) is 3.11. The number of nitrogens with two attached hydrogens (primary N) is 1. The molecule has 0 bridgehead atoms. The van der Waals surface area contributed by atoms with Crippen LogP contribution in [0.2, 0.25) is 0 Å². The van der Waals surface area contributed by atoms with Crippen molar-refractivity contribution in [2.75, 3.05) is 19.8 Å². The summed E-state index contributed by atoms with van der Waals surface area (Å²) in [5.41, 5.74) is 6.97. The molecule has 0 saturated heterocycles. The minimum atomic E-state index is 0.0609. The Morgan fingerprint density at radius 3 is 2.22 bits per heavy atom. The van der Waals surface area contributed by atoms with Crippen LogP contribution in [0.1, 0.15) is 39.7 Å². The van der Waals surface area contributed by atoms with E-state index in [-0.39, 0.29) is 5.41 Å². The van der Waals surface area contributed by atoms with Gasteiger partial charge in [-0.05, 0) is 49.9 Å². The minimum Gasteiger partial charge on any atom is -0.490 e. The number of benzene rings is 1. The summed E-state index contributed by atoms with van der Waals surface area (Å²) in [6.07, 6.45) is 0.951. The van der Waals surface area contributed by atoms with Crippen molar-refractivity contribution in [1.29, 1.82) is 0 Å². The Morgan fingerprint density at radius 1 is 1.06 bits per heavy atom. The van der Waals surface area contributed by atoms with E-state index in [1.165, 1.54) is 5.56 Å². The summed E-state index contributed by atoms with van der Waals surface area (Å²) in [4.78, 5) is 0. The van der Waals surface area contributed by atoms with Crippen molar-refractivity contribution in [3.8, 4) is 11.5 Å². The normalized spacial score (nSPS) is 11.4. The molecule has 102 valence electrons. The molecule has 0 spiro atoms.